The largest absolute Gasteiger partial charge is 0.481 e. The highest BCUT2D eigenvalue weighted by atomic mass is 35.5. The quantitative estimate of drug-likeness (QED) is 0.211. The third-order valence-corrected chi connectivity index (χ3v) is 14.4. The number of likely N-dealkylation sites (tertiary alicyclic amines) is 1. The summed E-state index contributed by atoms with van der Waals surface area (Å²) in [7, 11) is 0. The number of thiophene rings is 2. The number of benzene rings is 1. The SMILES string of the molecule is O=C(O)CCc1sc2c(Cl)c(CCC(=O)Oc3ccc4c5c3O[C@H]3C(=O)CC[C@@]6(O)[C@@H](C4)N(CC4CC4)CC[C@]536)sc2c1Cl. The zero-order valence-corrected chi connectivity index (χ0v) is 27.0. The maximum Gasteiger partial charge on any atom is 0.311 e. The van der Waals surface area contributed by atoms with Crippen LogP contribution in [-0.2, 0) is 39.1 Å². The molecule has 8 nitrogen and oxygen atoms in total. The number of ketones is 1. The summed E-state index contributed by atoms with van der Waals surface area (Å²) in [5, 5.41) is 22.5. The number of rotatable bonds is 9. The van der Waals surface area contributed by atoms with Gasteiger partial charge in [0.25, 0.3) is 0 Å². The molecule has 3 aliphatic carbocycles. The lowest BCUT2D eigenvalue weighted by Gasteiger charge is -2.62. The molecule has 1 saturated heterocycles. The van der Waals surface area contributed by atoms with Crippen LogP contribution in [0.1, 0.15) is 65.8 Å². The molecule has 0 amide bonds. The molecule has 3 aromatic rings. The van der Waals surface area contributed by atoms with Crippen molar-refractivity contribution in [1.29, 1.82) is 0 Å². The molecule has 2 aromatic heterocycles. The van der Waals surface area contributed by atoms with Gasteiger partial charge in [-0.2, -0.15) is 0 Å². The Morgan fingerprint density at radius 3 is 2.45 bits per heavy atom. The van der Waals surface area contributed by atoms with Gasteiger partial charge in [0.1, 0.15) is 0 Å². The van der Waals surface area contributed by atoms with E-state index in [1.165, 1.54) is 35.5 Å². The fraction of sp³-hybridized carbons (Fsp3) is 0.531. The fourth-order valence-electron chi connectivity index (χ4n) is 8.24. The number of hydrogen-bond acceptors (Lipinski definition) is 9. The van der Waals surface area contributed by atoms with E-state index in [9.17, 15) is 19.5 Å². The molecule has 232 valence electrons. The molecule has 2 N–H and O–H groups in total. The molecule has 3 fully saturated rings. The van der Waals surface area contributed by atoms with E-state index in [-0.39, 0.29) is 36.8 Å². The number of aliphatic carboxylic acids is 1. The lowest BCUT2D eigenvalue weighted by Crippen LogP contribution is -2.76. The number of carbonyl (C=O) groups excluding carboxylic acids is 2. The molecule has 2 aliphatic heterocycles. The molecule has 0 unspecified atom stereocenters. The number of carboxylic acids is 1. The second-order valence-corrected chi connectivity index (χ2v) is 15.9. The van der Waals surface area contributed by atoms with Crippen molar-refractivity contribution in [3.8, 4) is 11.5 Å². The molecular weight excluding hydrogens is 645 g/mol. The van der Waals surface area contributed by atoms with E-state index in [0.717, 1.165) is 43.4 Å². The van der Waals surface area contributed by atoms with Crippen molar-refractivity contribution in [2.75, 3.05) is 13.1 Å². The zero-order valence-electron chi connectivity index (χ0n) is 23.8. The van der Waals surface area contributed by atoms with E-state index in [0.29, 0.717) is 53.8 Å². The number of halogens is 2. The molecular formula is C32H31Cl2NO7S2. The van der Waals surface area contributed by atoms with Gasteiger partial charge in [0, 0.05) is 34.3 Å². The normalized spacial score (nSPS) is 28.7. The molecule has 44 heavy (non-hydrogen) atoms. The third-order valence-electron chi connectivity index (χ3n) is 10.4. The predicted octanol–water partition coefficient (Wildman–Crippen LogP) is 5.96. The summed E-state index contributed by atoms with van der Waals surface area (Å²) >= 11 is 16.0. The molecule has 8 rings (SSSR count). The highest BCUT2D eigenvalue weighted by Crippen LogP contribution is 2.65. The van der Waals surface area contributed by atoms with Crippen LogP contribution >= 0.6 is 45.9 Å². The Morgan fingerprint density at radius 1 is 1.07 bits per heavy atom. The van der Waals surface area contributed by atoms with E-state index in [1.54, 1.807) is 6.07 Å². The first-order valence-electron chi connectivity index (χ1n) is 15.2. The highest BCUT2D eigenvalue weighted by Gasteiger charge is 2.73. The van der Waals surface area contributed by atoms with Crippen LogP contribution in [0.4, 0.5) is 0 Å². The first-order chi connectivity index (χ1) is 21.1. The van der Waals surface area contributed by atoms with E-state index in [1.807, 2.05) is 6.07 Å². The summed E-state index contributed by atoms with van der Waals surface area (Å²) < 4.78 is 13.9. The van der Waals surface area contributed by atoms with Gasteiger partial charge in [-0.1, -0.05) is 29.3 Å². The standard InChI is InChI=1S/C32H31Cl2NO7S2/c33-25-19(5-7-22(37)38)43-29-26(34)20(44-28(25)29)6-8-23(39)41-18-4-3-16-13-21-32(40)10-9-17(36)30-31(32,24(16)27(18)42-30)11-12-35(21)14-15-1-2-15/h3-4,15,21,30,40H,1-2,5-14H2,(H,37,38)/t21-,30+,31+,32-/m1/s1. The molecule has 1 aromatic carbocycles. The van der Waals surface area contributed by atoms with Gasteiger partial charge < -0.3 is 19.7 Å². The Balaban J connectivity index is 1.04. The van der Waals surface area contributed by atoms with Crippen LogP contribution in [0.15, 0.2) is 12.1 Å². The number of Topliss-reactive ketones (excluding diaryl/α,β-unsaturated/α-hetero) is 1. The number of aliphatic hydroxyl groups is 1. The van der Waals surface area contributed by atoms with Gasteiger partial charge in [0.2, 0.25) is 0 Å². The number of fused-ring (bicyclic) bond motifs is 1. The van der Waals surface area contributed by atoms with Crippen molar-refractivity contribution in [2.24, 2.45) is 5.92 Å². The maximum absolute atomic E-state index is 13.3. The molecule has 0 radical (unpaired) electrons. The van der Waals surface area contributed by atoms with E-state index >= 15 is 0 Å². The van der Waals surface area contributed by atoms with Crippen LogP contribution in [0.3, 0.4) is 0 Å². The smallest absolute Gasteiger partial charge is 0.311 e. The minimum Gasteiger partial charge on any atom is -0.481 e. The number of hydrogen-bond donors (Lipinski definition) is 2. The first kappa shape index (κ1) is 29.2. The zero-order chi connectivity index (χ0) is 30.5. The Bertz CT molecular complexity index is 1750. The van der Waals surface area contributed by atoms with Crippen LogP contribution in [-0.4, -0.2) is 63.7 Å². The number of piperidine rings is 1. The van der Waals surface area contributed by atoms with Gasteiger partial charge in [-0.15, -0.1) is 22.7 Å². The fourth-order valence-corrected chi connectivity index (χ4v) is 11.7. The average Bonchev–Trinajstić information content (AvgIpc) is 3.55. The summed E-state index contributed by atoms with van der Waals surface area (Å²) in [5.41, 5.74) is 0.0340. The number of ether oxygens (including phenoxy) is 2. The van der Waals surface area contributed by atoms with Crippen LogP contribution in [0, 0.1) is 5.92 Å². The first-order valence-corrected chi connectivity index (χ1v) is 17.6. The maximum atomic E-state index is 13.3. The van der Waals surface area contributed by atoms with Gasteiger partial charge in [-0.25, -0.2) is 0 Å². The van der Waals surface area contributed by atoms with Gasteiger partial charge in [0.15, 0.2) is 23.4 Å². The van der Waals surface area contributed by atoms with Gasteiger partial charge in [0.05, 0.1) is 43.3 Å². The van der Waals surface area contributed by atoms with Crippen LogP contribution in [0.2, 0.25) is 10.0 Å². The predicted molar refractivity (Wildman–Crippen MR) is 168 cm³/mol. The summed E-state index contributed by atoms with van der Waals surface area (Å²) in [4.78, 5) is 41.5. The molecule has 4 heterocycles. The molecule has 5 aliphatic rings. The number of carbonyl (C=O) groups is 3. The molecule has 4 atom stereocenters. The minimum atomic E-state index is -1.07. The minimum absolute atomic E-state index is 0.00229. The Hall–Kier alpha value is -2.21. The van der Waals surface area contributed by atoms with Crippen LogP contribution in [0.5, 0.6) is 11.5 Å². The van der Waals surface area contributed by atoms with Crippen molar-refractivity contribution in [1.82, 2.24) is 4.90 Å². The van der Waals surface area contributed by atoms with Gasteiger partial charge in [-0.05, 0) is 69.0 Å². The summed E-state index contributed by atoms with van der Waals surface area (Å²) in [6.45, 7) is 1.80. The average molecular weight is 677 g/mol. The lowest BCUT2D eigenvalue weighted by atomic mass is 9.49. The van der Waals surface area contributed by atoms with Gasteiger partial charge in [-0.3, -0.25) is 19.3 Å². The number of nitrogens with zero attached hydrogens (tertiary/aromatic N) is 1. The molecule has 2 saturated carbocycles. The second-order valence-electron chi connectivity index (χ2n) is 12.9. The highest BCUT2D eigenvalue weighted by molar-refractivity contribution is 7.29. The topological polar surface area (TPSA) is 113 Å². The summed E-state index contributed by atoms with van der Waals surface area (Å²) in [6, 6.07) is 3.69. The van der Waals surface area contributed by atoms with Crippen LogP contribution < -0.4 is 9.47 Å². The summed E-state index contributed by atoms with van der Waals surface area (Å²) in [5.74, 6) is 0.0843. The van der Waals surface area contributed by atoms with Crippen molar-refractivity contribution in [2.45, 2.75) is 87.4 Å². The van der Waals surface area contributed by atoms with Gasteiger partial charge >= 0.3 is 11.9 Å². The molecule has 1 spiro atoms. The summed E-state index contributed by atoms with van der Waals surface area (Å²) in [6.07, 6.45) is 4.49. The van der Waals surface area contributed by atoms with Crippen molar-refractivity contribution in [3.63, 3.8) is 0 Å². The van der Waals surface area contributed by atoms with Crippen LogP contribution in [0.25, 0.3) is 9.40 Å². The Kier molecular flexibility index (Phi) is 6.91. The Morgan fingerprint density at radius 2 is 1.77 bits per heavy atom. The number of aryl methyl sites for hydroxylation is 2. The monoisotopic (exact) mass is 675 g/mol. The molecule has 2 bridgehead atoms. The van der Waals surface area contributed by atoms with E-state index in [2.05, 4.69) is 4.90 Å². The lowest BCUT2D eigenvalue weighted by molar-refractivity contribution is -0.188. The number of carboxylic acid groups (broad SMARTS) is 1. The van der Waals surface area contributed by atoms with E-state index in [4.69, 9.17) is 37.8 Å². The number of esters is 1. The molecule has 12 heteroatoms. The van der Waals surface area contributed by atoms with E-state index < -0.39 is 29.1 Å². The third kappa shape index (κ3) is 4.24. The van der Waals surface area contributed by atoms with Crippen molar-refractivity contribution in [3.05, 3.63) is 43.1 Å². The second kappa shape index (κ2) is 10.4. The van der Waals surface area contributed by atoms with Crippen molar-refractivity contribution >= 4 is 73.0 Å². The van der Waals surface area contributed by atoms with Crippen molar-refractivity contribution < 1.29 is 34.1 Å². The Labute approximate surface area is 271 Å².